The average molecular weight is 284 g/mol. The second-order valence-electron chi connectivity index (χ2n) is 6.11. The molecule has 0 bridgehead atoms. The largest absolute Gasteiger partial charge is 0.469 e. The van der Waals surface area contributed by atoms with Crippen molar-refractivity contribution >= 4 is 0 Å². The topological polar surface area (TPSA) is 42.4 Å². The molecule has 2 aromatic rings. The van der Waals surface area contributed by atoms with Crippen LogP contribution in [0.25, 0.3) is 0 Å². The highest BCUT2D eigenvalue weighted by atomic mass is 16.3. The average Bonchev–Trinajstić information content (AvgIpc) is 3.26. The Labute approximate surface area is 126 Å². The first kappa shape index (κ1) is 14.4. The van der Waals surface area contributed by atoms with E-state index in [9.17, 15) is 0 Å². The summed E-state index contributed by atoms with van der Waals surface area (Å²) in [5, 5.41) is 0. The Morgan fingerprint density at radius 3 is 2.76 bits per heavy atom. The van der Waals surface area contributed by atoms with Crippen molar-refractivity contribution in [3.05, 3.63) is 59.0 Å². The van der Waals surface area contributed by atoms with Crippen molar-refractivity contribution in [2.75, 3.05) is 13.6 Å². The van der Waals surface area contributed by atoms with Crippen LogP contribution in [0.4, 0.5) is 0 Å². The van der Waals surface area contributed by atoms with E-state index in [0.29, 0.717) is 6.54 Å². The van der Waals surface area contributed by atoms with Gasteiger partial charge in [-0.3, -0.25) is 4.90 Å². The number of hydrogen-bond acceptors (Lipinski definition) is 3. The van der Waals surface area contributed by atoms with Crippen LogP contribution in [0.5, 0.6) is 0 Å². The molecule has 3 heteroatoms. The molecule has 1 unspecified atom stereocenters. The zero-order valence-corrected chi connectivity index (χ0v) is 12.9. The zero-order chi connectivity index (χ0) is 14.8. The van der Waals surface area contributed by atoms with Crippen molar-refractivity contribution in [3.63, 3.8) is 0 Å². The maximum atomic E-state index is 6.05. The van der Waals surface area contributed by atoms with Crippen molar-refractivity contribution in [2.24, 2.45) is 5.73 Å². The van der Waals surface area contributed by atoms with E-state index in [1.54, 1.807) is 6.26 Å². The molecule has 2 N–H and O–H groups in total. The Morgan fingerprint density at radius 1 is 1.33 bits per heavy atom. The second-order valence-corrected chi connectivity index (χ2v) is 6.11. The lowest BCUT2D eigenvalue weighted by Gasteiger charge is -2.27. The summed E-state index contributed by atoms with van der Waals surface area (Å²) in [5.74, 6) is 1.77. The molecule has 0 saturated heterocycles. The number of nitrogens with two attached hydrogens (primary N) is 1. The van der Waals surface area contributed by atoms with E-state index >= 15 is 0 Å². The number of rotatable bonds is 6. The smallest absolute Gasteiger partial charge is 0.105 e. The van der Waals surface area contributed by atoms with Gasteiger partial charge in [0.25, 0.3) is 0 Å². The standard InChI is InChI=1S/C18H24N2O/c1-13-17(8-9-21-13)12-20(2)18(11-19)16-5-3-4-15(10-16)14-6-7-14/h3-5,8-10,14,18H,6-7,11-12,19H2,1-2H3. The number of hydrogen-bond donors (Lipinski definition) is 1. The Hall–Kier alpha value is -1.58. The molecule has 1 atom stereocenters. The lowest BCUT2D eigenvalue weighted by molar-refractivity contribution is 0.240. The first-order valence-corrected chi connectivity index (χ1v) is 7.72. The molecule has 21 heavy (non-hydrogen) atoms. The summed E-state index contributed by atoms with van der Waals surface area (Å²) in [4.78, 5) is 2.31. The Kier molecular flexibility index (Phi) is 4.13. The number of aryl methyl sites for hydroxylation is 1. The molecule has 1 saturated carbocycles. The minimum absolute atomic E-state index is 0.248. The van der Waals surface area contributed by atoms with E-state index in [-0.39, 0.29) is 6.04 Å². The third kappa shape index (κ3) is 3.20. The van der Waals surface area contributed by atoms with Gasteiger partial charge in [-0.2, -0.15) is 0 Å². The summed E-state index contributed by atoms with van der Waals surface area (Å²) in [6.07, 6.45) is 4.42. The summed E-state index contributed by atoms with van der Waals surface area (Å²) < 4.78 is 5.39. The van der Waals surface area contributed by atoms with Crippen LogP contribution in [0.1, 0.15) is 47.3 Å². The summed E-state index contributed by atoms with van der Waals surface area (Å²) >= 11 is 0. The van der Waals surface area contributed by atoms with Gasteiger partial charge in [0.2, 0.25) is 0 Å². The van der Waals surface area contributed by atoms with Crippen LogP contribution in [0, 0.1) is 6.92 Å². The molecule has 1 aromatic carbocycles. The quantitative estimate of drug-likeness (QED) is 0.881. The maximum Gasteiger partial charge on any atom is 0.105 e. The van der Waals surface area contributed by atoms with Crippen LogP contribution in [0.3, 0.4) is 0 Å². The Bertz CT molecular complexity index is 601. The minimum Gasteiger partial charge on any atom is -0.469 e. The number of likely N-dealkylation sites (N-methyl/N-ethyl adjacent to an activating group) is 1. The van der Waals surface area contributed by atoms with Gasteiger partial charge in [0.05, 0.1) is 6.26 Å². The predicted octanol–water partition coefficient (Wildman–Crippen LogP) is 3.60. The van der Waals surface area contributed by atoms with Crippen LogP contribution in [-0.2, 0) is 6.54 Å². The van der Waals surface area contributed by atoms with Gasteiger partial charge in [-0.15, -0.1) is 0 Å². The highest BCUT2D eigenvalue weighted by Crippen LogP contribution is 2.40. The van der Waals surface area contributed by atoms with E-state index < -0.39 is 0 Å². The molecule has 1 aliphatic rings. The van der Waals surface area contributed by atoms with Crippen LogP contribution in [0.2, 0.25) is 0 Å². The van der Waals surface area contributed by atoms with E-state index in [2.05, 4.69) is 36.2 Å². The molecule has 112 valence electrons. The molecule has 0 radical (unpaired) electrons. The molecular formula is C18H24N2O. The maximum absolute atomic E-state index is 6.05. The molecule has 1 heterocycles. The third-order valence-corrected chi connectivity index (χ3v) is 4.49. The minimum atomic E-state index is 0.248. The molecular weight excluding hydrogens is 260 g/mol. The first-order valence-electron chi connectivity index (χ1n) is 7.72. The highest BCUT2D eigenvalue weighted by molar-refractivity contribution is 5.31. The van der Waals surface area contributed by atoms with Gasteiger partial charge >= 0.3 is 0 Å². The van der Waals surface area contributed by atoms with Gasteiger partial charge in [-0.25, -0.2) is 0 Å². The molecule has 1 aromatic heterocycles. The van der Waals surface area contributed by atoms with Crippen LogP contribution in [0.15, 0.2) is 41.0 Å². The molecule has 3 rings (SSSR count). The van der Waals surface area contributed by atoms with Gasteiger partial charge < -0.3 is 10.2 Å². The van der Waals surface area contributed by atoms with Gasteiger partial charge in [-0.1, -0.05) is 24.3 Å². The van der Waals surface area contributed by atoms with E-state index in [0.717, 1.165) is 18.2 Å². The fourth-order valence-electron chi connectivity index (χ4n) is 2.96. The molecule has 0 spiro atoms. The zero-order valence-electron chi connectivity index (χ0n) is 12.9. The molecule has 0 amide bonds. The number of furan rings is 1. The van der Waals surface area contributed by atoms with E-state index in [1.807, 2.05) is 13.0 Å². The summed E-state index contributed by atoms with van der Waals surface area (Å²) in [7, 11) is 2.13. The molecule has 1 fully saturated rings. The van der Waals surface area contributed by atoms with Gasteiger partial charge in [0.15, 0.2) is 0 Å². The van der Waals surface area contributed by atoms with Crippen molar-refractivity contribution < 1.29 is 4.42 Å². The van der Waals surface area contributed by atoms with Crippen LogP contribution in [-0.4, -0.2) is 18.5 Å². The van der Waals surface area contributed by atoms with E-state index in [4.69, 9.17) is 10.2 Å². The SMILES string of the molecule is Cc1occc1CN(C)C(CN)c1cccc(C2CC2)c1. The highest BCUT2D eigenvalue weighted by Gasteiger charge is 2.25. The van der Waals surface area contributed by atoms with Crippen molar-refractivity contribution in [1.29, 1.82) is 0 Å². The van der Waals surface area contributed by atoms with Crippen molar-refractivity contribution in [2.45, 2.75) is 38.3 Å². The second kappa shape index (κ2) is 6.04. The summed E-state index contributed by atoms with van der Waals surface area (Å²) in [6, 6.07) is 11.2. The third-order valence-electron chi connectivity index (χ3n) is 4.49. The predicted molar refractivity (Wildman–Crippen MR) is 85.1 cm³/mol. The molecule has 0 aliphatic heterocycles. The summed E-state index contributed by atoms with van der Waals surface area (Å²) in [6.45, 7) is 3.49. The molecule has 3 nitrogen and oxygen atoms in total. The number of benzene rings is 1. The van der Waals surface area contributed by atoms with E-state index in [1.165, 1.54) is 29.5 Å². The number of nitrogens with zero attached hydrogens (tertiary/aromatic N) is 1. The van der Waals surface area contributed by atoms with Crippen molar-refractivity contribution in [1.82, 2.24) is 4.90 Å². The monoisotopic (exact) mass is 284 g/mol. The normalized spacial score (nSPS) is 16.4. The Balaban J connectivity index is 1.77. The van der Waals surface area contributed by atoms with Gasteiger partial charge in [0, 0.05) is 24.7 Å². The molecule has 1 aliphatic carbocycles. The van der Waals surface area contributed by atoms with Crippen LogP contribution >= 0.6 is 0 Å². The Morgan fingerprint density at radius 2 is 2.14 bits per heavy atom. The lowest BCUT2D eigenvalue weighted by Crippen LogP contribution is -2.30. The fraction of sp³-hybridized carbons (Fsp3) is 0.444. The lowest BCUT2D eigenvalue weighted by atomic mass is 10.0. The van der Waals surface area contributed by atoms with Gasteiger partial charge in [-0.05, 0) is 49.9 Å². The van der Waals surface area contributed by atoms with Crippen LogP contribution < -0.4 is 5.73 Å². The van der Waals surface area contributed by atoms with Gasteiger partial charge in [0.1, 0.15) is 5.76 Å². The fourth-order valence-corrected chi connectivity index (χ4v) is 2.96. The van der Waals surface area contributed by atoms with Crippen molar-refractivity contribution in [3.8, 4) is 0 Å². The first-order chi connectivity index (χ1) is 10.2. The summed E-state index contributed by atoms with van der Waals surface area (Å²) in [5.41, 5.74) is 10.1.